The Kier molecular flexibility index (Phi) is 4.24. The van der Waals surface area contributed by atoms with Crippen molar-refractivity contribution >= 4 is 16.0 Å². The summed E-state index contributed by atoms with van der Waals surface area (Å²) in [6.07, 6.45) is 2.41. The number of nitrogens with zero attached hydrogens (tertiary/aromatic N) is 1. The van der Waals surface area contributed by atoms with Gasteiger partial charge in [-0.3, -0.25) is 4.79 Å². The Morgan fingerprint density at radius 2 is 2.18 bits per heavy atom. The van der Waals surface area contributed by atoms with Gasteiger partial charge in [-0.1, -0.05) is 13.8 Å². The normalized spacial score (nSPS) is 13.6. The predicted molar refractivity (Wildman–Crippen MR) is 59.6 cm³/mol. The highest BCUT2D eigenvalue weighted by molar-refractivity contribution is 7.89. The number of hydrogen-bond acceptors (Lipinski definition) is 5. The monoisotopic (exact) mass is 261 g/mol. The second-order valence-corrected chi connectivity index (χ2v) is 5.46. The highest BCUT2D eigenvalue weighted by Gasteiger charge is 2.29. The van der Waals surface area contributed by atoms with Crippen LogP contribution in [0.25, 0.3) is 0 Å². The molecule has 0 saturated carbocycles. The molecule has 1 rings (SSSR count). The van der Waals surface area contributed by atoms with Gasteiger partial charge in [0.1, 0.15) is 6.04 Å². The minimum Gasteiger partial charge on any atom is -0.468 e. The van der Waals surface area contributed by atoms with Gasteiger partial charge >= 0.3 is 5.97 Å². The average molecular weight is 261 g/mol. The maximum Gasteiger partial charge on any atom is 0.324 e. The van der Waals surface area contributed by atoms with Gasteiger partial charge in [0, 0.05) is 0 Å². The molecule has 0 radical (unpaired) electrons. The molecule has 0 aliphatic carbocycles. The number of sulfonamides is 1. The molecule has 0 saturated heterocycles. The van der Waals surface area contributed by atoms with E-state index in [1.807, 2.05) is 0 Å². The molecular formula is C9H15N3O4S. The van der Waals surface area contributed by atoms with E-state index < -0.39 is 22.0 Å². The highest BCUT2D eigenvalue weighted by atomic mass is 32.2. The fourth-order valence-corrected chi connectivity index (χ4v) is 2.44. The van der Waals surface area contributed by atoms with Crippen molar-refractivity contribution in [3.63, 3.8) is 0 Å². The molecule has 2 N–H and O–H groups in total. The third kappa shape index (κ3) is 3.27. The summed E-state index contributed by atoms with van der Waals surface area (Å²) in [5.41, 5.74) is 0. The number of ether oxygens (including phenoxy) is 1. The van der Waals surface area contributed by atoms with E-state index >= 15 is 0 Å². The summed E-state index contributed by atoms with van der Waals surface area (Å²) in [5, 5.41) is -0.0907. The molecule has 1 aromatic rings. The van der Waals surface area contributed by atoms with Crippen LogP contribution in [0.2, 0.25) is 0 Å². The minimum atomic E-state index is -3.79. The van der Waals surface area contributed by atoms with Gasteiger partial charge in [0.2, 0.25) is 0 Å². The van der Waals surface area contributed by atoms with Crippen molar-refractivity contribution in [2.75, 3.05) is 7.11 Å². The molecule has 0 aromatic carbocycles. The lowest BCUT2D eigenvalue weighted by molar-refractivity contribution is -0.143. The molecule has 0 fully saturated rings. The molecule has 7 nitrogen and oxygen atoms in total. The van der Waals surface area contributed by atoms with Crippen LogP contribution in [0.4, 0.5) is 0 Å². The van der Waals surface area contributed by atoms with E-state index in [1.165, 1.54) is 13.4 Å². The van der Waals surface area contributed by atoms with Crippen LogP contribution in [0.3, 0.4) is 0 Å². The van der Waals surface area contributed by atoms with Crippen LogP contribution in [-0.2, 0) is 19.6 Å². The summed E-state index contributed by atoms with van der Waals surface area (Å²) < 4.78 is 30.5. The largest absolute Gasteiger partial charge is 0.468 e. The van der Waals surface area contributed by atoms with Crippen molar-refractivity contribution in [3.05, 3.63) is 12.5 Å². The van der Waals surface area contributed by atoms with Crippen LogP contribution < -0.4 is 4.72 Å². The van der Waals surface area contributed by atoms with Crippen LogP contribution in [0.1, 0.15) is 13.8 Å². The molecule has 0 bridgehead atoms. The van der Waals surface area contributed by atoms with E-state index in [0.717, 1.165) is 6.20 Å². The molecule has 0 aliphatic rings. The van der Waals surface area contributed by atoms with Gasteiger partial charge in [0.25, 0.3) is 10.0 Å². The number of aromatic amines is 1. The second kappa shape index (κ2) is 5.28. The van der Waals surface area contributed by atoms with Crippen molar-refractivity contribution in [1.29, 1.82) is 0 Å². The fraction of sp³-hybridized carbons (Fsp3) is 0.556. The number of H-pyrrole nitrogens is 1. The van der Waals surface area contributed by atoms with Crippen LogP contribution in [0, 0.1) is 5.92 Å². The standard InChI is InChI=1S/C9H15N3O4S/c1-6(2)8(9(13)16-3)12-17(14,15)7-4-10-5-11-7/h4-6,8,12H,1-3H3,(H,10,11)/t8-/m1/s1. The topological polar surface area (TPSA) is 101 Å². The van der Waals surface area contributed by atoms with Gasteiger partial charge in [-0.05, 0) is 5.92 Å². The molecule has 17 heavy (non-hydrogen) atoms. The van der Waals surface area contributed by atoms with Crippen molar-refractivity contribution in [2.24, 2.45) is 5.92 Å². The Labute approximate surface area is 99.6 Å². The molecule has 1 aromatic heterocycles. The zero-order valence-electron chi connectivity index (χ0n) is 9.80. The molecule has 1 atom stereocenters. The number of carbonyl (C=O) groups excluding carboxylic acids is 1. The van der Waals surface area contributed by atoms with Crippen LogP contribution in [0.15, 0.2) is 17.6 Å². The summed E-state index contributed by atoms with van der Waals surface area (Å²) in [7, 11) is -2.57. The van der Waals surface area contributed by atoms with Crippen LogP contribution >= 0.6 is 0 Å². The van der Waals surface area contributed by atoms with E-state index in [0.29, 0.717) is 0 Å². The molecule has 0 amide bonds. The summed E-state index contributed by atoms with van der Waals surface area (Å²) in [4.78, 5) is 17.5. The van der Waals surface area contributed by atoms with Crippen molar-refractivity contribution in [1.82, 2.24) is 14.7 Å². The smallest absolute Gasteiger partial charge is 0.324 e. The van der Waals surface area contributed by atoms with E-state index in [1.54, 1.807) is 13.8 Å². The van der Waals surface area contributed by atoms with Gasteiger partial charge in [-0.2, -0.15) is 4.72 Å². The fourth-order valence-electron chi connectivity index (χ4n) is 1.20. The predicted octanol–water partition coefficient (Wildman–Crippen LogP) is -0.114. The first kappa shape index (κ1) is 13.7. The van der Waals surface area contributed by atoms with Gasteiger partial charge < -0.3 is 9.72 Å². The minimum absolute atomic E-state index is 0.0907. The van der Waals surface area contributed by atoms with Crippen LogP contribution in [0.5, 0.6) is 0 Å². The molecule has 0 unspecified atom stereocenters. The third-order valence-corrected chi connectivity index (χ3v) is 3.53. The van der Waals surface area contributed by atoms with Gasteiger partial charge in [0.05, 0.1) is 19.6 Å². The number of esters is 1. The first-order chi connectivity index (χ1) is 7.88. The Bertz CT molecular complexity index is 466. The average Bonchev–Trinajstić information content (AvgIpc) is 2.78. The Hall–Kier alpha value is -1.41. The number of rotatable bonds is 5. The van der Waals surface area contributed by atoms with Gasteiger partial charge in [-0.25, -0.2) is 13.4 Å². The summed E-state index contributed by atoms with van der Waals surface area (Å²) >= 11 is 0. The Morgan fingerprint density at radius 3 is 2.59 bits per heavy atom. The molecule has 0 spiro atoms. The lowest BCUT2D eigenvalue weighted by Gasteiger charge is -2.18. The Balaban J connectivity index is 2.92. The molecule has 0 aliphatic heterocycles. The molecule has 96 valence electrons. The molecule has 1 heterocycles. The maximum absolute atomic E-state index is 11.8. The third-order valence-electron chi connectivity index (χ3n) is 2.17. The second-order valence-electron chi connectivity index (χ2n) is 3.78. The van der Waals surface area contributed by atoms with Crippen LogP contribution in [-0.4, -0.2) is 37.5 Å². The summed E-state index contributed by atoms with van der Waals surface area (Å²) in [5.74, 6) is -0.844. The van der Waals surface area contributed by atoms with Gasteiger partial charge in [-0.15, -0.1) is 0 Å². The van der Waals surface area contributed by atoms with Crippen molar-refractivity contribution in [2.45, 2.75) is 24.9 Å². The number of hydrogen-bond donors (Lipinski definition) is 2. The number of imidazole rings is 1. The zero-order chi connectivity index (χ0) is 13.1. The zero-order valence-corrected chi connectivity index (χ0v) is 10.6. The first-order valence-electron chi connectivity index (χ1n) is 4.97. The van der Waals surface area contributed by atoms with E-state index in [2.05, 4.69) is 19.4 Å². The summed E-state index contributed by atoms with van der Waals surface area (Å²) in [6.45, 7) is 3.44. The molecule has 8 heteroatoms. The van der Waals surface area contributed by atoms with Gasteiger partial charge in [0.15, 0.2) is 5.03 Å². The quantitative estimate of drug-likeness (QED) is 0.720. The number of methoxy groups -OCH3 is 1. The first-order valence-corrected chi connectivity index (χ1v) is 6.45. The van der Waals surface area contributed by atoms with E-state index in [9.17, 15) is 13.2 Å². The van der Waals surface area contributed by atoms with E-state index in [-0.39, 0.29) is 10.9 Å². The molecular weight excluding hydrogens is 246 g/mol. The Morgan fingerprint density at radius 1 is 1.53 bits per heavy atom. The van der Waals surface area contributed by atoms with Crippen molar-refractivity contribution in [3.8, 4) is 0 Å². The number of aromatic nitrogens is 2. The maximum atomic E-state index is 11.8. The van der Waals surface area contributed by atoms with E-state index in [4.69, 9.17) is 0 Å². The highest BCUT2D eigenvalue weighted by Crippen LogP contribution is 2.09. The number of nitrogens with one attached hydrogen (secondary N) is 2. The lowest BCUT2D eigenvalue weighted by atomic mass is 10.1. The SMILES string of the molecule is COC(=O)[C@H](NS(=O)(=O)c1cnc[nH]1)C(C)C. The summed E-state index contributed by atoms with van der Waals surface area (Å²) in [6, 6.07) is -0.923. The van der Waals surface area contributed by atoms with Crippen molar-refractivity contribution < 1.29 is 17.9 Å². The number of carbonyl (C=O) groups is 1. The lowest BCUT2D eigenvalue weighted by Crippen LogP contribution is -2.44.